The number of aromatic amines is 1. The van der Waals surface area contributed by atoms with Gasteiger partial charge in [0, 0.05) is 13.0 Å². The molecule has 1 heterocycles. The molecule has 2 N–H and O–H groups in total. The van der Waals surface area contributed by atoms with Crippen LogP contribution in [-0.2, 0) is 11.2 Å². The van der Waals surface area contributed by atoms with E-state index in [1.54, 1.807) is 0 Å². The first-order valence-corrected chi connectivity index (χ1v) is 9.67. The maximum atomic E-state index is 12.0. The summed E-state index contributed by atoms with van der Waals surface area (Å²) in [5.74, 6) is 1.39. The highest BCUT2D eigenvalue weighted by Crippen LogP contribution is 2.22. The molecule has 0 atom stereocenters. The van der Waals surface area contributed by atoms with Gasteiger partial charge in [-0.1, -0.05) is 54.1 Å². The molecule has 0 fully saturated rings. The van der Waals surface area contributed by atoms with Crippen molar-refractivity contribution in [3.63, 3.8) is 0 Å². The second kappa shape index (κ2) is 8.61. The van der Waals surface area contributed by atoms with E-state index in [4.69, 9.17) is 4.74 Å². The molecule has 0 saturated heterocycles. The Morgan fingerprint density at radius 1 is 0.966 bits per heavy atom. The fourth-order valence-corrected chi connectivity index (χ4v) is 3.13. The van der Waals surface area contributed by atoms with Gasteiger partial charge >= 0.3 is 0 Å². The van der Waals surface area contributed by atoms with Crippen LogP contribution < -0.4 is 10.1 Å². The average Bonchev–Trinajstić information content (AvgIpc) is 3.16. The normalized spacial score (nSPS) is 10.8. The van der Waals surface area contributed by atoms with Crippen LogP contribution >= 0.6 is 0 Å². The van der Waals surface area contributed by atoms with Crippen LogP contribution in [0.1, 0.15) is 11.4 Å². The summed E-state index contributed by atoms with van der Waals surface area (Å²) in [7, 11) is 0. The predicted octanol–water partition coefficient (Wildman–Crippen LogP) is 4.28. The Balaban J connectivity index is 1.23. The lowest BCUT2D eigenvalue weighted by Gasteiger charge is -2.08. The number of ether oxygens (including phenoxy) is 1. The number of nitrogens with zero attached hydrogens (tertiary/aromatic N) is 1. The van der Waals surface area contributed by atoms with Gasteiger partial charge in [-0.2, -0.15) is 0 Å². The molecule has 0 aliphatic rings. The highest BCUT2D eigenvalue weighted by Gasteiger charge is 2.06. The summed E-state index contributed by atoms with van der Waals surface area (Å²) in [6.45, 7) is 2.57. The number of carbonyl (C=O) groups excluding carboxylic acids is 1. The van der Waals surface area contributed by atoms with Crippen molar-refractivity contribution < 1.29 is 9.53 Å². The molecule has 0 spiro atoms. The van der Waals surface area contributed by atoms with Crippen molar-refractivity contribution in [2.75, 3.05) is 13.2 Å². The standard InChI is InChI=1S/C24H23N3O2/c1-17-6-8-18(9-7-17)19-10-12-20(13-11-19)29-16-24(28)25-15-14-23-26-21-4-2-3-5-22(21)27-23/h2-13H,14-16H2,1H3,(H,25,28)(H,26,27). The predicted molar refractivity (Wildman–Crippen MR) is 115 cm³/mol. The molecule has 0 bridgehead atoms. The molecular weight excluding hydrogens is 362 g/mol. The second-order valence-electron chi connectivity index (χ2n) is 6.98. The third kappa shape index (κ3) is 4.82. The fraction of sp³-hybridized carbons (Fsp3) is 0.167. The number of amides is 1. The number of aromatic nitrogens is 2. The van der Waals surface area contributed by atoms with Gasteiger partial charge in [0.1, 0.15) is 11.6 Å². The fourth-order valence-electron chi connectivity index (χ4n) is 3.13. The molecule has 1 aromatic heterocycles. The van der Waals surface area contributed by atoms with Crippen LogP contribution in [0.15, 0.2) is 72.8 Å². The molecule has 0 aliphatic carbocycles. The monoisotopic (exact) mass is 385 g/mol. The molecule has 1 amide bonds. The summed E-state index contributed by atoms with van der Waals surface area (Å²) in [6.07, 6.45) is 0.645. The first-order chi connectivity index (χ1) is 14.2. The molecule has 5 heteroatoms. The third-order valence-corrected chi connectivity index (χ3v) is 4.73. The van der Waals surface area contributed by atoms with Crippen LogP contribution in [0, 0.1) is 6.92 Å². The number of para-hydroxylation sites is 2. The molecule has 29 heavy (non-hydrogen) atoms. The highest BCUT2D eigenvalue weighted by molar-refractivity contribution is 5.77. The highest BCUT2D eigenvalue weighted by atomic mass is 16.5. The molecule has 3 aromatic carbocycles. The largest absolute Gasteiger partial charge is 0.484 e. The zero-order valence-electron chi connectivity index (χ0n) is 16.3. The van der Waals surface area contributed by atoms with Gasteiger partial charge in [0.05, 0.1) is 11.0 Å². The lowest BCUT2D eigenvalue weighted by atomic mass is 10.0. The summed E-state index contributed by atoms with van der Waals surface area (Å²) in [5, 5.41) is 2.86. The van der Waals surface area contributed by atoms with Crippen LogP contribution in [0.4, 0.5) is 0 Å². The van der Waals surface area contributed by atoms with Crippen LogP contribution in [-0.4, -0.2) is 29.0 Å². The first-order valence-electron chi connectivity index (χ1n) is 9.67. The summed E-state index contributed by atoms with van der Waals surface area (Å²) in [4.78, 5) is 19.8. The van der Waals surface area contributed by atoms with E-state index in [0.717, 1.165) is 28.0 Å². The van der Waals surface area contributed by atoms with Gasteiger partial charge in [0.15, 0.2) is 6.61 Å². The van der Waals surface area contributed by atoms with Crippen molar-refractivity contribution in [2.24, 2.45) is 0 Å². The Labute approximate surface area is 169 Å². The number of hydrogen-bond acceptors (Lipinski definition) is 3. The average molecular weight is 385 g/mol. The van der Waals surface area contributed by atoms with Crippen molar-refractivity contribution in [3.05, 3.63) is 84.2 Å². The van der Waals surface area contributed by atoms with Gasteiger partial charge in [-0.3, -0.25) is 4.79 Å². The second-order valence-corrected chi connectivity index (χ2v) is 6.98. The number of H-pyrrole nitrogens is 1. The smallest absolute Gasteiger partial charge is 0.257 e. The van der Waals surface area contributed by atoms with E-state index in [1.807, 2.05) is 48.5 Å². The lowest BCUT2D eigenvalue weighted by molar-refractivity contribution is -0.123. The van der Waals surface area contributed by atoms with Crippen molar-refractivity contribution in [2.45, 2.75) is 13.3 Å². The summed E-state index contributed by atoms with van der Waals surface area (Å²) in [5.41, 5.74) is 5.45. The van der Waals surface area contributed by atoms with Gasteiger partial charge in [0.25, 0.3) is 5.91 Å². The lowest BCUT2D eigenvalue weighted by Crippen LogP contribution is -2.30. The van der Waals surface area contributed by atoms with Gasteiger partial charge in [-0.15, -0.1) is 0 Å². The number of nitrogens with one attached hydrogen (secondary N) is 2. The van der Waals surface area contributed by atoms with E-state index < -0.39 is 0 Å². The van der Waals surface area contributed by atoms with Gasteiger partial charge < -0.3 is 15.0 Å². The Morgan fingerprint density at radius 3 is 2.38 bits per heavy atom. The number of carbonyl (C=O) groups is 1. The molecule has 5 nitrogen and oxygen atoms in total. The minimum Gasteiger partial charge on any atom is -0.484 e. The Morgan fingerprint density at radius 2 is 1.66 bits per heavy atom. The minimum atomic E-state index is -0.149. The van der Waals surface area contributed by atoms with E-state index in [1.165, 1.54) is 5.56 Å². The van der Waals surface area contributed by atoms with Crippen LogP contribution in [0.2, 0.25) is 0 Å². The van der Waals surface area contributed by atoms with Crippen molar-refractivity contribution in [1.82, 2.24) is 15.3 Å². The Hall–Kier alpha value is -3.60. The number of rotatable bonds is 7. The Kier molecular flexibility index (Phi) is 5.56. The molecule has 0 unspecified atom stereocenters. The quantitative estimate of drug-likeness (QED) is 0.499. The molecule has 0 radical (unpaired) electrons. The number of fused-ring (bicyclic) bond motifs is 1. The van der Waals surface area contributed by atoms with E-state index >= 15 is 0 Å². The van der Waals surface area contributed by atoms with E-state index in [2.05, 4.69) is 46.5 Å². The van der Waals surface area contributed by atoms with E-state index in [0.29, 0.717) is 18.7 Å². The molecule has 4 rings (SSSR count). The topological polar surface area (TPSA) is 67.0 Å². The maximum absolute atomic E-state index is 12.0. The zero-order chi connectivity index (χ0) is 20.1. The molecule has 0 saturated carbocycles. The molecular formula is C24H23N3O2. The minimum absolute atomic E-state index is 0.00991. The van der Waals surface area contributed by atoms with Crippen LogP contribution in [0.3, 0.4) is 0 Å². The Bertz CT molecular complexity index is 1070. The van der Waals surface area contributed by atoms with E-state index in [-0.39, 0.29) is 12.5 Å². The van der Waals surface area contributed by atoms with Gasteiger partial charge in [-0.25, -0.2) is 4.98 Å². The van der Waals surface area contributed by atoms with Crippen LogP contribution in [0.25, 0.3) is 22.2 Å². The summed E-state index contributed by atoms with van der Waals surface area (Å²) >= 11 is 0. The molecule has 4 aromatic rings. The summed E-state index contributed by atoms with van der Waals surface area (Å²) < 4.78 is 5.59. The van der Waals surface area contributed by atoms with Crippen molar-refractivity contribution in [3.8, 4) is 16.9 Å². The number of imidazole rings is 1. The molecule has 146 valence electrons. The number of benzene rings is 3. The maximum Gasteiger partial charge on any atom is 0.257 e. The molecule has 0 aliphatic heterocycles. The van der Waals surface area contributed by atoms with Crippen molar-refractivity contribution >= 4 is 16.9 Å². The first kappa shape index (κ1) is 18.7. The number of hydrogen-bond donors (Lipinski definition) is 2. The van der Waals surface area contributed by atoms with Gasteiger partial charge in [0.2, 0.25) is 0 Å². The van der Waals surface area contributed by atoms with Crippen molar-refractivity contribution in [1.29, 1.82) is 0 Å². The van der Waals surface area contributed by atoms with E-state index in [9.17, 15) is 4.79 Å². The number of aryl methyl sites for hydroxylation is 1. The van der Waals surface area contributed by atoms with Crippen LogP contribution in [0.5, 0.6) is 5.75 Å². The third-order valence-electron chi connectivity index (χ3n) is 4.73. The van der Waals surface area contributed by atoms with Gasteiger partial charge in [-0.05, 0) is 42.3 Å². The summed E-state index contributed by atoms with van der Waals surface area (Å²) in [6, 6.07) is 24.0. The zero-order valence-corrected chi connectivity index (χ0v) is 16.3. The SMILES string of the molecule is Cc1ccc(-c2ccc(OCC(=O)NCCc3nc4ccccc4[nH]3)cc2)cc1.